The average Bonchev–Trinajstić information content (AvgIpc) is 2.94. The van der Waals surface area contributed by atoms with Crippen molar-refractivity contribution in [2.24, 2.45) is 5.16 Å². The van der Waals surface area contributed by atoms with Crippen LogP contribution in [0.3, 0.4) is 0 Å². The SMILES string of the molecule is C=C1CC(=C)CC2(C1)c1ccccc1-c1ccc(C(=O)/C(C)=N/OC(C)=O)cc12. The smallest absolute Gasteiger partial charge is 0.318 e. The van der Waals surface area contributed by atoms with Crippen LogP contribution in [-0.4, -0.2) is 17.5 Å². The first-order valence-electron chi connectivity index (χ1n) is 9.66. The molecule has 1 spiro atoms. The number of nitrogens with zero attached hydrogens (tertiary/aromatic N) is 1. The van der Waals surface area contributed by atoms with Crippen LogP contribution in [-0.2, 0) is 15.0 Å². The van der Waals surface area contributed by atoms with E-state index in [1.807, 2.05) is 24.3 Å². The van der Waals surface area contributed by atoms with Gasteiger partial charge in [0.05, 0.1) is 0 Å². The van der Waals surface area contributed by atoms with E-state index in [2.05, 4.69) is 41.4 Å². The second kappa shape index (κ2) is 6.96. The molecule has 0 bridgehead atoms. The van der Waals surface area contributed by atoms with Gasteiger partial charge in [-0.3, -0.25) is 4.79 Å². The molecule has 2 aliphatic carbocycles. The molecule has 1 saturated carbocycles. The Morgan fingerprint density at radius 2 is 1.62 bits per heavy atom. The normalized spacial score (nSPS) is 17.1. The Balaban J connectivity index is 1.84. The van der Waals surface area contributed by atoms with Crippen LogP contribution in [0.15, 0.2) is 71.9 Å². The molecular formula is C25H23NO3. The summed E-state index contributed by atoms with van der Waals surface area (Å²) in [6.07, 6.45) is 2.54. The highest BCUT2D eigenvalue weighted by molar-refractivity contribution is 6.45. The Morgan fingerprint density at radius 3 is 2.31 bits per heavy atom. The molecule has 1 fully saturated rings. The van der Waals surface area contributed by atoms with Crippen LogP contribution in [0.4, 0.5) is 0 Å². The molecule has 0 aliphatic heterocycles. The van der Waals surface area contributed by atoms with E-state index in [-0.39, 0.29) is 16.9 Å². The number of carbonyl (C=O) groups excluding carboxylic acids is 2. The first kappa shape index (κ1) is 19.1. The summed E-state index contributed by atoms with van der Waals surface area (Å²) >= 11 is 0. The number of carbonyl (C=O) groups is 2. The highest BCUT2D eigenvalue weighted by atomic mass is 16.7. The molecule has 0 saturated heterocycles. The van der Waals surface area contributed by atoms with Crippen molar-refractivity contribution >= 4 is 17.5 Å². The zero-order valence-corrected chi connectivity index (χ0v) is 16.7. The van der Waals surface area contributed by atoms with E-state index in [4.69, 9.17) is 0 Å². The van der Waals surface area contributed by atoms with Gasteiger partial charge in [-0.25, -0.2) is 4.79 Å². The van der Waals surface area contributed by atoms with E-state index in [0.29, 0.717) is 5.56 Å². The topological polar surface area (TPSA) is 55.7 Å². The van der Waals surface area contributed by atoms with Gasteiger partial charge in [-0.1, -0.05) is 65.9 Å². The van der Waals surface area contributed by atoms with Gasteiger partial charge in [0.25, 0.3) is 0 Å². The van der Waals surface area contributed by atoms with Crippen molar-refractivity contribution in [3.05, 3.63) is 83.5 Å². The molecule has 0 heterocycles. The number of rotatable bonds is 3. The third-order valence-corrected chi connectivity index (χ3v) is 5.77. The molecule has 4 heteroatoms. The molecule has 2 aromatic rings. The highest BCUT2D eigenvalue weighted by Crippen LogP contribution is 2.57. The summed E-state index contributed by atoms with van der Waals surface area (Å²) in [4.78, 5) is 28.5. The summed E-state index contributed by atoms with van der Waals surface area (Å²) in [7, 11) is 0. The lowest BCUT2D eigenvalue weighted by Gasteiger charge is -2.38. The van der Waals surface area contributed by atoms with Crippen LogP contribution >= 0.6 is 0 Å². The van der Waals surface area contributed by atoms with Crippen LogP contribution in [0, 0.1) is 0 Å². The van der Waals surface area contributed by atoms with E-state index in [0.717, 1.165) is 41.5 Å². The first-order valence-corrected chi connectivity index (χ1v) is 9.66. The Hall–Kier alpha value is -3.27. The molecule has 0 radical (unpaired) electrons. The first-order chi connectivity index (χ1) is 13.8. The zero-order chi connectivity index (χ0) is 20.8. The van der Waals surface area contributed by atoms with Gasteiger partial charge < -0.3 is 4.84 Å². The standard InChI is InChI=1S/C25H23NO3/c1-15-11-16(2)14-25(13-15)22-8-6-5-7-20(22)21-10-9-19(12-23(21)25)24(28)17(3)26-29-18(4)27/h5-10,12H,1-2,11,13-14H2,3-4H3/b26-17+. The van der Waals surface area contributed by atoms with Crippen molar-refractivity contribution in [2.45, 2.75) is 38.5 Å². The number of benzene rings is 2. The molecule has 0 amide bonds. The summed E-state index contributed by atoms with van der Waals surface area (Å²) in [5, 5.41) is 3.65. The minimum absolute atomic E-state index is 0.141. The van der Waals surface area contributed by atoms with Gasteiger partial charge in [0.15, 0.2) is 0 Å². The van der Waals surface area contributed by atoms with Crippen molar-refractivity contribution in [3.63, 3.8) is 0 Å². The fourth-order valence-electron chi connectivity index (χ4n) is 4.76. The van der Waals surface area contributed by atoms with Crippen molar-refractivity contribution < 1.29 is 14.4 Å². The van der Waals surface area contributed by atoms with Crippen molar-refractivity contribution in [1.29, 1.82) is 0 Å². The number of hydrogen-bond donors (Lipinski definition) is 0. The Morgan fingerprint density at radius 1 is 0.966 bits per heavy atom. The van der Waals surface area contributed by atoms with Gasteiger partial charge in [0, 0.05) is 17.9 Å². The largest absolute Gasteiger partial charge is 0.331 e. The van der Waals surface area contributed by atoms with Crippen LogP contribution in [0.25, 0.3) is 11.1 Å². The number of hydrogen-bond acceptors (Lipinski definition) is 4. The highest BCUT2D eigenvalue weighted by Gasteiger charge is 2.45. The predicted octanol–water partition coefficient (Wildman–Crippen LogP) is 5.37. The molecule has 2 aromatic carbocycles. The van der Waals surface area contributed by atoms with Gasteiger partial charge in [-0.05, 0) is 54.5 Å². The Bertz CT molecular complexity index is 1090. The second-order valence-electron chi connectivity index (χ2n) is 8.01. The van der Waals surface area contributed by atoms with Crippen molar-refractivity contribution in [1.82, 2.24) is 0 Å². The number of ketones is 1. The number of oxime groups is 1. The van der Waals surface area contributed by atoms with Gasteiger partial charge >= 0.3 is 5.97 Å². The second-order valence-corrected chi connectivity index (χ2v) is 8.01. The van der Waals surface area contributed by atoms with E-state index >= 15 is 0 Å². The molecule has 2 aliphatic rings. The summed E-state index contributed by atoms with van der Waals surface area (Å²) in [6.45, 7) is 11.3. The van der Waals surface area contributed by atoms with Crippen LogP contribution in [0.2, 0.25) is 0 Å². The number of allylic oxidation sites excluding steroid dienone is 2. The summed E-state index contributed by atoms with van der Waals surface area (Å²) in [5.41, 5.74) is 7.51. The summed E-state index contributed by atoms with van der Waals surface area (Å²) < 4.78 is 0. The molecule has 0 unspecified atom stereocenters. The molecule has 0 atom stereocenters. The molecular weight excluding hydrogens is 362 g/mol. The lowest BCUT2D eigenvalue weighted by Crippen LogP contribution is -2.30. The van der Waals surface area contributed by atoms with E-state index in [9.17, 15) is 9.59 Å². The molecule has 29 heavy (non-hydrogen) atoms. The molecule has 146 valence electrons. The lowest BCUT2D eigenvalue weighted by molar-refractivity contribution is -0.140. The Kier molecular flexibility index (Phi) is 4.58. The molecule has 0 N–H and O–H groups in total. The van der Waals surface area contributed by atoms with Crippen molar-refractivity contribution in [3.8, 4) is 11.1 Å². The minimum atomic E-state index is -0.556. The minimum Gasteiger partial charge on any atom is -0.318 e. The number of fused-ring (bicyclic) bond motifs is 5. The third-order valence-electron chi connectivity index (χ3n) is 5.77. The summed E-state index contributed by atoms with van der Waals surface area (Å²) in [5.74, 6) is -0.812. The molecule has 4 nitrogen and oxygen atoms in total. The van der Waals surface area contributed by atoms with Crippen molar-refractivity contribution in [2.75, 3.05) is 0 Å². The molecule has 0 aromatic heterocycles. The monoisotopic (exact) mass is 385 g/mol. The fourth-order valence-corrected chi connectivity index (χ4v) is 4.76. The maximum Gasteiger partial charge on any atom is 0.331 e. The zero-order valence-electron chi connectivity index (χ0n) is 16.7. The maximum atomic E-state index is 12.9. The van der Waals surface area contributed by atoms with Crippen LogP contribution < -0.4 is 0 Å². The fraction of sp³-hybridized carbons (Fsp3) is 0.240. The van der Waals surface area contributed by atoms with Gasteiger partial charge in [-0.15, -0.1) is 0 Å². The van der Waals surface area contributed by atoms with E-state index < -0.39 is 5.97 Å². The third kappa shape index (κ3) is 3.15. The summed E-state index contributed by atoms with van der Waals surface area (Å²) in [6, 6.07) is 14.2. The quantitative estimate of drug-likeness (QED) is 0.235. The average molecular weight is 385 g/mol. The van der Waals surface area contributed by atoms with Gasteiger partial charge in [0.2, 0.25) is 5.78 Å². The number of Topliss-reactive ketones (excluding diaryl/α,β-unsaturated/α-hetero) is 1. The maximum absolute atomic E-state index is 12.9. The molecule has 4 rings (SSSR count). The predicted molar refractivity (Wildman–Crippen MR) is 114 cm³/mol. The van der Waals surface area contributed by atoms with Gasteiger partial charge in [-0.2, -0.15) is 0 Å². The van der Waals surface area contributed by atoms with Crippen LogP contribution in [0.5, 0.6) is 0 Å². The van der Waals surface area contributed by atoms with Crippen LogP contribution in [0.1, 0.15) is 54.6 Å². The lowest BCUT2D eigenvalue weighted by atomic mass is 9.65. The van der Waals surface area contributed by atoms with E-state index in [1.165, 1.54) is 18.1 Å². The van der Waals surface area contributed by atoms with Gasteiger partial charge in [0.1, 0.15) is 5.71 Å². The van der Waals surface area contributed by atoms with E-state index in [1.54, 1.807) is 6.92 Å². The Labute approximate surface area is 170 Å².